The summed E-state index contributed by atoms with van der Waals surface area (Å²) in [6, 6.07) is -0.160. The van der Waals surface area contributed by atoms with Crippen molar-refractivity contribution in [1.82, 2.24) is 5.32 Å². The molecule has 0 aliphatic carbocycles. The van der Waals surface area contributed by atoms with Crippen molar-refractivity contribution < 1.29 is 14.3 Å². The molecule has 0 radical (unpaired) electrons. The molecule has 0 bridgehead atoms. The molecule has 0 aromatic rings. The lowest BCUT2D eigenvalue weighted by Gasteiger charge is -2.13. The zero-order valence-corrected chi connectivity index (χ0v) is 10.1. The highest BCUT2D eigenvalue weighted by Crippen LogP contribution is 2.11. The summed E-state index contributed by atoms with van der Waals surface area (Å²) in [6.07, 6.45) is 1.07. The number of carbonyl (C=O) groups is 1. The second kappa shape index (κ2) is 6.83. The standard InChI is InChI=1S/C11H22N2O3/c1-8(2)16-5-3-4-13-11(14)9-6-15-7-10(9)12/h8-10H,3-7,12H2,1-2H3,(H,13,14). The third-order valence-corrected chi connectivity index (χ3v) is 2.53. The van der Waals surface area contributed by atoms with Crippen molar-refractivity contribution in [3.63, 3.8) is 0 Å². The van der Waals surface area contributed by atoms with Crippen molar-refractivity contribution in [2.45, 2.75) is 32.4 Å². The highest BCUT2D eigenvalue weighted by Gasteiger charge is 2.30. The topological polar surface area (TPSA) is 73.6 Å². The molecule has 0 saturated carbocycles. The highest BCUT2D eigenvalue weighted by atomic mass is 16.5. The Balaban J connectivity index is 2.06. The Morgan fingerprint density at radius 1 is 1.56 bits per heavy atom. The normalized spacial score (nSPS) is 25.0. The zero-order valence-electron chi connectivity index (χ0n) is 10.1. The third kappa shape index (κ3) is 4.47. The third-order valence-electron chi connectivity index (χ3n) is 2.53. The lowest BCUT2D eigenvalue weighted by molar-refractivity contribution is -0.125. The van der Waals surface area contributed by atoms with Gasteiger partial charge >= 0.3 is 0 Å². The van der Waals surface area contributed by atoms with Crippen molar-refractivity contribution in [1.29, 1.82) is 0 Å². The van der Waals surface area contributed by atoms with Gasteiger partial charge in [0, 0.05) is 19.2 Å². The lowest BCUT2D eigenvalue weighted by Crippen LogP contribution is -2.41. The van der Waals surface area contributed by atoms with Crippen molar-refractivity contribution in [3.8, 4) is 0 Å². The van der Waals surface area contributed by atoms with E-state index >= 15 is 0 Å². The molecule has 0 aromatic heterocycles. The first-order valence-electron chi connectivity index (χ1n) is 5.84. The summed E-state index contributed by atoms with van der Waals surface area (Å²) < 4.78 is 10.5. The predicted molar refractivity (Wildman–Crippen MR) is 61.0 cm³/mol. The second-order valence-corrected chi connectivity index (χ2v) is 4.37. The van der Waals surface area contributed by atoms with Gasteiger partial charge in [-0.3, -0.25) is 4.79 Å². The fourth-order valence-electron chi connectivity index (χ4n) is 1.57. The van der Waals surface area contributed by atoms with Crippen molar-refractivity contribution in [2.75, 3.05) is 26.4 Å². The first-order chi connectivity index (χ1) is 7.61. The maximum absolute atomic E-state index is 11.6. The van der Waals surface area contributed by atoms with Crippen LogP contribution in [0.3, 0.4) is 0 Å². The Bertz CT molecular complexity index is 221. The van der Waals surface area contributed by atoms with E-state index in [4.69, 9.17) is 15.2 Å². The molecule has 2 atom stereocenters. The molecule has 1 saturated heterocycles. The monoisotopic (exact) mass is 230 g/mol. The van der Waals surface area contributed by atoms with Crippen LogP contribution in [0.1, 0.15) is 20.3 Å². The van der Waals surface area contributed by atoms with Crippen LogP contribution in [0.2, 0.25) is 0 Å². The Morgan fingerprint density at radius 3 is 2.88 bits per heavy atom. The first kappa shape index (κ1) is 13.4. The molecule has 1 rings (SSSR count). The van der Waals surface area contributed by atoms with Crippen LogP contribution in [0.5, 0.6) is 0 Å². The van der Waals surface area contributed by atoms with Gasteiger partial charge in [-0.05, 0) is 20.3 Å². The zero-order chi connectivity index (χ0) is 12.0. The summed E-state index contributed by atoms with van der Waals surface area (Å²) in [5, 5.41) is 2.85. The largest absolute Gasteiger partial charge is 0.379 e. The number of ether oxygens (including phenoxy) is 2. The van der Waals surface area contributed by atoms with Gasteiger partial charge in [-0.15, -0.1) is 0 Å². The molecular weight excluding hydrogens is 208 g/mol. The molecule has 3 N–H and O–H groups in total. The summed E-state index contributed by atoms with van der Waals surface area (Å²) >= 11 is 0. The Kier molecular flexibility index (Phi) is 5.73. The SMILES string of the molecule is CC(C)OCCCNC(=O)C1COCC1N. The van der Waals surface area contributed by atoms with Crippen LogP contribution in [-0.2, 0) is 14.3 Å². The average Bonchev–Trinajstić information content (AvgIpc) is 2.63. The van der Waals surface area contributed by atoms with Gasteiger partial charge in [-0.2, -0.15) is 0 Å². The number of hydrogen-bond donors (Lipinski definition) is 2. The summed E-state index contributed by atoms with van der Waals surface area (Å²) in [4.78, 5) is 11.6. The van der Waals surface area contributed by atoms with E-state index in [1.807, 2.05) is 13.8 Å². The fourth-order valence-corrected chi connectivity index (χ4v) is 1.57. The first-order valence-corrected chi connectivity index (χ1v) is 5.84. The molecule has 94 valence electrons. The van der Waals surface area contributed by atoms with Gasteiger partial charge in [0.25, 0.3) is 0 Å². The lowest BCUT2D eigenvalue weighted by atomic mass is 10.0. The van der Waals surface area contributed by atoms with Crippen LogP contribution in [-0.4, -0.2) is 44.4 Å². The number of rotatable bonds is 6. The molecule has 1 heterocycles. The number of nitrogens with two attached hydrogens (primary N) is 1. The van der Waals surface area contributed by atoms with Gasteiger partial charge in [-0.1, -0.05) is 0 Å². The molecule has 1 aliphatic heterocycles. The minimum Gasteiger partial charge on any atom is -0.379 e. The minimum absolute atomic E-state index is 0.00505. The molecule has 1 amide bonds. The highest BCUT2D eigenvalue weighted by molar-refractivity contribution is 5.79. The van der Waals surface area contributed by atoms with E-state index in [1.54, 1.807) is 0 Å². The molecule has 1 fully saturated rings. The molecule has 16 heavy (non-hydrogen) atoms. The smallest absolute Gasteiger partial charge is 0.227 e. The fraction of sp³-hybridized carbons (Fsp3) is 0.909. The van der Waals surface area contributed by atoms with Crippen LogP contribution >= 0.6 is 0 Å². The van der Waals surface area contributed by atoms with Gasteiger partial charge < -0.3 is 20.5 Å². The van der Waals surface area contributed by atoms with E-state index in [0.29, 0.717) is 26.4 Å². The molecule has 5 nitrogen and oxygen atoms in total. The molecule has 0 aromatic carbocycles. The maximum atomic E-state index is 11.6. The second-order valence-electron chi connectivity index (χ2n) is 4.37. The van der Waals surface area contributed by atoms with E-state index in [-0.39, 0.29) is 24.0 Å². The van der Waals surface area contributed by atoms with E-state index in [0.717, 1.165) is 6.42 Å². The Hall–Kier alpha value is -0.650. The van der Waals surface area contributed by atoms with Crippen LogP contribution in [0.4, 0.5) is 0 Å². The summed E-state index contributed by atoms with van der Waals surface area (Å²) in [7, 11) is 0. The van der Waals surface area contributed by atoms with Gasteiger partial charge in [0.15, 0.2) is 0 Å². The van der Waals surface area contributed by atoms with Crippen molar-refractivity contribution >= 4 is 5.91 Å². The van der Waals surface area contributed by atoms with Crippen molar-refractivity contribution in [3.05, 3.63) is 0 Å². The number of nitrogens with one attached hydrogen (secondary N) is 1. The van der Waals surface area contributed by atoms with Gasteiger partial charge in [-0.25, -0.2) is 0 Å². The van der Waals surface area contributed by atoms with Gasteiger partial charge in [0.2, 0.25) is 5.91 Å². The van der Waals surface area contributed by atoms with E-state index in [2.05, 4.69) is 5.32 Å². The Morgan fingerprint density at radius 2 is 2.31 bits per heavy atom. The van der Waals surface area contributed by atoms with Crippen molar-refractivity contribution in [2.24, 2.45) is 11.7 Å². The van der Waals surface area contributed by atoms with Crippen LogP contribution < -0.4 is 11.1 Å². The van der Waals surface area contributed by atoms with Gasteiger partial charge in [0.05, 0.1) is 25.2 Å². The molecule has 1 aliphatic rings. The number of amides is 1. The van der Waals surface area contributed by atoms with E-state index < -0.39 is 0 Å². The van der Waals surface area contributed by atoms with Crippen LogP contribution in [0.15, 0.2) is 0 Å². The summed E-state index contributed by atoms with van der Waals surface area (Å²) in [5.41, 5.74) is 5.74. The quantitative estimate of drug-likeness (QED) is 0.624. The van der Waals surface area contributed by atoms with Crippen LogP contribution in [0, 0.1) is 5.92 Å². The Labute approximate surface area is 96.7 Å². The van der Waals surface area contributed by atoms with Gasteiger partial charge in [0.1, 0.15) is 0 Å². The number of carbonyl (C=O) groups excluding carboxylic acids is 1. The van der Waals surface area contributed by atoms with E-state index in [1.165, 1.54) is 0 Å². The minimum atomic E-state index is -0.189. The summed E-state index contributed by atoms with van der Waals surface area (Å²) in [5.74, 6) is -0.194. The molecule has 2 unspecified atom stereocenters. The molecular formula is C11H22N2O3. The van der Waals surface area contributed by atoms with Crippen LogP contribution in [0.25, 0.3) is 0 Å². The summed E-state index contributed by atoms with van der Waals surface area (Å²) in [6.45, 7) is 6.21. The average molecular weight is 230 g/mol. The van der Waals surface area contributed by atoms with E-state index in [9.17, 15) is 4.79 Å². The predicted octanol–water partition coefficient (Wildman–Crippen LogP) is -0.109. The maximum Gasteiger partial charge on any atom is 0.227 e. The molecule has 5 heteroatoms. The number of hydrogen-bond acceptors (Lipinski definition) is 4. The molecule has 0 spiro atoms.